The van der Waals surface area contributed by atoms with Gasteiger partial charge in [-0.25, -0.2) is 0 Å². The van der Waals surface area contributed by atoms with Gasteiger partial charge in [0.2, 0.25) is 0 Å². The largest absolute Gasteiger partial charge is 0.486 e. The van der Waals surface area contributed by atoms with Gasteiger partial charge in [0.05, 0.1) is 11.0 Å². The summed E-state index contributed by atoms with van der Waals surface area (Å²) in [6, 6.07) is 18.7. The molecule has 3 aromatic rings. The molecule has 0 atom stereocenters. The predicted octanol–water partition coefficient (Wildman–Crippen LogP) is 6.95. The number of hydrogen-bond acceptors (Lipinski definition) is 3. The van der Waals surface area contributed by atoms with Crippen molar-refractivity contribution >= 4 is 12.0 Å². The quantitative estimate of drug-likeness (QED) is 0.398. The van der Waals surface area contributed by atoms with E-state index in [4.69, 9.17) is 9.47 Å². The van der Waals surface area contributed by atoms with Crippen LogP contribution >= 0.6 is 0 Å². The molecule has 0 saturated carbocycles. The van der Waals surface area contributed by atoms with Crippen LogP contribution in [-0.2, 0) is 16.4 Å². The fourth-order valence-corrected chi connectivity index (χ4v) is 2.96. The van der Waals surface area contributed by atoms with Gasteiger partial charge >= 0.3 is 12.1 Å². The van der Waals surface area contributed by atoms with Gasteiger partial charge in [-0.15, -0.1) is 0 Å². The molecule has 0 radical (unpaired) electrons. The van der Waals surface area contributed by atoms with Gasteiger partial charge in [-0.2, -0.15) is 13.2 Å². The molecule has 0 spiro atoms. The van der Waals surface area contributed by atoms with E-state index in [0.717, 1.165) is 12.1 Å². The molecule has 0 saturated heterocycles. The summed E-state index contributed by atoms with van der Waals surface area (Å²) in [6.45, 7) is 3.41. The van der Waals surface area contributed by atoms with Crippen LogP contribution in [0.2, 0.25) is 0 Å². The third kappa shape index (κ3) is 6.16. The molecule has 3 rings (SSSR count). The monoisotopic (exact) mass is 456 g/mol. The van der Waals surface area contributed by atoms with E-state index in [9.17, 15) is 23.1 Å². The SMILES string of the molecule is CC(C)(C(=O)O)c1cccc(Oc2ccccc2OC/C=C/c2ccc(C(F)(F)F)cc2)c1. The number of benzene rings is 3. The lowest BCUT2D eigenvalue weighted by Crippen LogP contribution is -2.28. The van der Waals surface area contributed by atoms with Crippen molar-refractivity contribution in [3.8, 4) is 17.2 Å². The second-order valence-corrected chi connectivity index (χ2v) is 7.84. The van der Waals surface area contributed by atoms with Crippen molar-refractivity contribution in [2.45, 2.75) is 25.4 Å². The van der Waals surface area contributed by atoms with Crippen molar-refractivity contribution in [1.82, 2.24) is 0 Å². The van der Waals surface area contributed by atoms with E-state index < -0.39 is 23.1 Å². The summed E-state index contributed by atoms with van der Waals surface area (Å²) < 4.78 is 49.6. The lowest BCUT2D eigenvalue weighted by Gasteiger charge is -2.20. The molecule has 0 aliphatic carbocycles. The molecule has 0 aromatic heterocycles. The van der Waals surface area contributed by atoms with E-state index in [1.54, 1.807) is 74.5 Å². The maximum Gasteiger partial charge on any atom is 0.416 e. The van der Waals surface area contributed by atoms with Gasteiger partial charge in [-0.3, -0.25) is 4.79 Å². The Kier molecular flexibility index (Phi) is 7.11. The molecular weight excluding hydrogens is 433 g/mol. The first-order chi connectivity index (χ1) is 15.6. The minimum absolute atomic E-state index is 0.174. The number of halogens is 3. The molecule has 0 bridgehead atoms. The van der Waals surface area contributed by atoms with Crippen LogP contribution in [0.3, 0.4) is 0 Å². The Balaban J connectivity index is 1.67. The van der Waals surface area contributed by atoms with Crippen molar-refractivity contribution in [3.05, 3.63) is 95.6 Å². The smallest absolute Gasteiger partial charge is 0.416 e. The molecule has 0 fully saturated rings. The Morgan fingerprint density at radius 2 is 1.58 bits per heavy atom. The number of para-hydroxylation sites is 2. The standard InChI is InChI=1S/C26H23F3O4/c1-25(2,24(30)31)20-8-5-9-21(17-20)33-23-11-4-3-10-22(23)32-16-6-7-18-12-14-19(15-13-18)26(27,28)29/h3-15,17H,16H2,1-2H3,(H,30,31)/b7-6+. The second kappa shape index (κ2) is 9.81. The number of carboxylic acid groups (broad SMARTS) is 1. The Hall–Kier alpha value is -3.74. The fraction of sp³-hybridized carbons (Fsp3) is 0.192. The number of alkyl halides is 3. The van der Waals surface area contributed by atoms with Crippen molar-refractivity contribution < 1.29 is 32.5 Å². The third-order valence-electron chi connectivity index (χ3n) is 5.05. The highest BCUT2D eigenvalue weighted by Crippen LogP contribution is 2.34. The molecule has 33 heavy (non-hydrogen) atoms. The summed E-state index contributed by atoms with van der Waals surface area (Å²) >= 11 is 0. The summed E-state index contributed by atoms with van der Waals surface area (Å²) in [5, 5.41) is 9.45. The van der Waals surface area contributed by atoms with E-state index in [1.807, 2.05) is 0 Å². The second-order valence-electron chi connectivity index (χ2n) is 7.84. The zero-order valence-corrected chi connectivity index (χ0v) is 18.1. The van der Waals surface area contributed by atoms with Crippen LogP contribution in [0.15, 0.2) is 78.9 Å². The van der Waals surface area contributed by atoms with E-state index in [-0.39, 0.29) is 6.61 Å². The van der Waals surface area contributed by atoms with Crippen LogP contribution in [0.5, 0.6) is 17.2 Å². The zero-order valence-electron chi connectivity index (χ0n) is 18.1. The van der Waals surface area contributed by atoms with Gasteiger partial charge in [0.15, 0.2) is 11.5 Å². The van der Waals surface area contributed by atoms with E-state index >= 15 is 0 Å². The van der Waals surface area contributed by atoms with E-state index in [1.165, 1.54) is 12.1 Å². The highest BCUT2D eigenvalue weighted by molar-refractivity contribution is 5.80. The Morgan fingerprint density at radius 3 is 2.21 bits per heavy atom. The number of aliphatic carboxylic acids is 1. The summed E-state index contributed by atoms with van der Waals surface area (Å²) in [7, 11) is 0. The number of rotatable bonds is 8. The normalized spacial score (nSPS) is 12.0. The summed E-state index contributed by atoms with van der Waals surface area (Å²) in [5.74, 6) is 0.449. The molecule has 4 nitrogen and oxygen atoms in total. The van der Waals surface area contributed by atoms with Crippen molar-refractivity contribution in [2.75, 3.05) is 6.61 Å². The van der Waals surface area contributed by atoms with Gasteiger partial charge in [0, 0.05) is 0 Å². The van der Waals surface area contributed by atoms with Gasteiger partial charge in [-0.05, 0) is 67.4 Å². The predicted molar refractivity (Wildman–Crippen MR) is 120 cm³/mol. The van der Waals surface area contributed by atoms with Crippen molar-refractivity contribution in [1.29, 1.82) is 0 Å². The fourth-order valence-electron chi connectivity index (χ4n) is 2.96. The molecule has 1 N–H and O–H groups in total. The van der Waals surface area contributed by atoms with Crippen LogP contribution in [-0.4, -0.2) is 17.7 Å². The highest BCUT2D eigenvalue weighted by atomic mass is 19.4. The van der Waals surface area contributed by atoms with Crippen LogP contribution in [0.25, 0.3) is 6.08 Å². The first-order valence-electron chi connectivity index (χ1n) is 10.1. The lowest BCUT2D eigenvalue weighted by molar-refractivity contribution is -0.142. The maximum absolute atomic E-state index is 12.6. The first-order valence-corrected chi connectivity index (χ1v) is 10.1. The molecule has 172 valence electrons. The molecule has 0 unspecified atom stereocenters. The zero-order chi connectivity index (χ0) is 24.1. The molecule has 0 heterocycles. The van der Waals surface area contributed by atoms with Crippen LogP contribution in [0.4, 0.5) is 13.2 Å². The molecule has 0 aliphatic heterocycles. The van der Waals surface area contributed by atoms with Gasteiger partial charge < -0.3 is 14.6 Å². The number of carboxylic acids is 1. The Labute approximate surface area is 189 Å². The van der Waals surface area contributed by atoms with Crippen LogP contribution in [0, 0.1) is 0 Å². The Bertz CT molecular complexity index is 1130. The number of carbonyl (C=O) groups is 1. The molecule has 7 heteroatoms. The minimum Gasteiger partial charge on any atom is -0.486 e. The maximum atomic E-state index is 12.6. The summed E-state index contributed by atoms with van der Waals surface area (Å²) in [4.78, 5) is 11.5. The first kappa shape index (κ1) is 23.9. The van der Waals surface area contributed by atoms with Gasteiger partial charge in [0.25, 0.3) is 0 Å². The summed E-state index contributed by atoms with van der Waals surface area (Å²) in [6.07, 6.45) is -1.01. The lowest BCUT2D eigenvalue weighted by atomic mass is 9.85. The number of hydrogen-bond donors (Lipinski definition) is 1. The summed E-state index contributed by atoms with van der Waals surface area (Å²) in [5.41, 5.74) is -0.546. The molecule has 0 amide bonds. The number of ether oxygens (including phenoxy) is 2. The molecular formula is C26H23F3O4. The van der Waals surface area contributed by atoms with Gasteiger partial charge in [-0.1, -0.05) is 42.5 Å². The van der Waals surface area contributed by atoms with E-state index in [0.29, 0.717) is 28.4 Å². The van der Waals surface area contributed by atoms with Gasteiger partial charge in [0.1, 0.15) is 12.4 Å². The average Bonchev–Trinajstić information content (AvgIpc) is 2.77. The minimum atomic E-state index is -4.36. The van der Waals surface area contributed by atoms with E-state index in [2.05, 4.69) is 0 Å². The van der Waals surface area contributed by atoms with Crippen molar-refractivity contribution in [2.24, 2.45) is 0 Å². The third-order valence-corrected chi connectivity index (χ3v) is 5.05. The average molecular weight is 456 g/mol. The van der Waals surface area contributed by atoms with Crippen molar-refractivity contribution in [3.63, 3.8) is 0 Å². The highest BCUT2D eigenvalue weighted by Gasteiger charge is 2.30. The molecule has 3 aromatic carbocycles. The Morgan fingerprint density at radius 1 is 0.909 bits per heavy atom. The topological polar surface area (TPSA) is 55.8 Å². The van der Waals surface area contributed by atoms with Crippen LogP contribution in [0.1, 0.15) is 30.5 Å². The molecule has 0 aliphatic rings. The van der Waals surface area contributed by atoms with Crippen LogP contribution < -0.4 is 9.47 Å².